The van der Waals surface area contributed by atoms with E-state index in [9.17, 15) is 9.59 Å². The fraction of sp³-hybridized carbons (Fsp3) is 0.0400. The van der Waals surface area contributed by atoms with Crippen LogP contribution in [0.4, 0.5) is 0 Å². The lowest BCUT2D eigenvalue weighted by molar-refractivity contribution is 0.102. The zero-order chi connectivity index (χ0) is 18.8. The average molecular weight is 362 g/mol. The highest BCUT2D eigenvalue weighted by atomic mass is 16.5. The minimum absolute atomic E-state index is 0.0604. The van der Waals surface area contributed by atoms with Gasteiger partial charge < -0.3 is 4.74 Å². The Morgan fingerprint density at radius 3 is 1.46 bits per heavy atom. The highest BCUT2D eigenvalue weighted by Gasteiger charge is 2.47. The molecule has 3 nitrogen and oxygen atoms in total. The lowest BCUT2D eigenvalue weighted by atomic mass is 9.80. The van der Waals surface area contributed by atoms with E-state index in [0.717, 1.165) is 16.7 Å². The van der Waals surface area contributed by atoms with Crippen molar-refractivity contribution in [2.45, 2.75) is 5.92 Å². The second-order valence-electron chi connectivity index (χ2n) is 7.18. The van der Waals surface area contributed by atoms with Crippen LogP contribution in [0.2, 0.25) is 0 Å². The van der Waals surface area contributed by atoms with E-state index in [1.807, 2.05) is 78.9 Å². The van der Waals surface area contributed by atoms with Crippen LogP contribution in [0.25, 0.3) is 11.5 Å². The van der Waals surface area contributed by atoms with E-state index >= 15 is 0 Å². The van der Waals surface area contributed by atoms with E-state index in [-0.39, 0.29) is 11.6 Å². The van der Waals surface area contributed by atoms with E-state index in [1.165, 1.54) is 0 Å². The summed E-state index contributed by atoms with van der Waals surface area (Å²) in [6.45, 7) is 0. The van der Waals surface area contributed by atoms with Crippen LogP contribution in [-0.4, -0.2) is 11.6 Å². The van der Waals surface area contributed by atoms with Crippen molar-refractivity contribution in [1.82, 2.24) is 0 Å². The van der Waals surface area contributed by atoms with E-state index in [1.54, 1.807) is 0 Å². The standard InChI is InChI=1S/C25H14O3/c26-22-15-10-4-6-12-17(15)24-20(22)19(14-8-2-1-3-9-14)21-23(27)16-11-5-7-13-18(16)25(21)28-24/h1-13,19H. The highest BCUT2D eigenvalue weighted by Crippen LogP contribution is 2.54. The first kappa shape index (κ1) is 15.3. The largest absolute Gasteiger partial charge is 0.455 e. The first-order chi connectivity index (χ1) is 13.8. The molecule has 0 saturated carbocycles. The van der Waals surface area contributed by atoms with Crippen molar-refractivity contribution >= 4 is 23.1 Å². The molecule has 0 aromatic heterocycles. The Kier molecular flexibility index (Phi) is 2.96. The molecule has 0 N–H and O–H groups in total. The van der Waals surface area contributed by atoms with E-state index in [0.29, 0.717) is 33.8 Å². The van der Waals surface area contributed by atoms with Crippen molar-refractivity contribution in [3.8, 4) is 0 Å². The molecule has 0 unspecified atom stereocenters. The number of ether oxygens (including phenoxy) is 1. The Labute approximate surface area is 161 Å². The van der Waals surface area contributed by atoms with Crippen LogP contribution in [0.5, 0.6) is 0 Å². The molecule has 2 aliphatic carbocycles. The summed E-state index contributed by atoms with van der Waals surface area (Å²) in [5.41, 5.74) is 4.91. The molecule has 0 bridgehead atoms. The molecule has 1 heterocycles. The molecule has 0 amide bonds. The Morgan fingerprint density at radius 2 is 0.964 bits per heavy atom. The fourth-order valence-corrected chi connectivity index (χ4v) is 4.51. The van der Waals surface area contributed by atoms with Gasteiger partial charge in [0.05, 0.1) is 11.1 Å². The summed E-state index contributed by atoms with van der Waals surface area (Å²) in [5, 5.41) is 0. The van der Waals surface area contributed by atoms with Crippen molar-refractivity contribution in [3.05, 3.63) is 118 Å². The molecule has 132 valence electrons. The van der Waals surface area contributed by atoms with Crippen LogP contribution < -0.4 is 0 Å². The van der Waals surface area contributed by atoms with Crippen LogP contribution in [0.1, 0.15) is 43.3 Å². The zero-order valence-electron chi connectivity index (χ0n) is 14.8. The SMILES string of the molecule is O=C1C2=C(OC3=C(C(=O)c4ccccc43)C2c2ccccc2)c2ccccc21. The maximum Gasteiger partial charge on any atom is 0.194 e. The average Bonchev–Trinajstić information content (AvgIpc) is 3.20. The van der Waals surface area contributed by atoms with Gasteiger partial charge in [0.1, 0.15) is 11.5 Å². The molecule has 28 heavy (non-hydrogen) atoms. The summed E-state index contributed by atoms with van der Waals surface area (Å²) in [6, 6.07) is 24.7. The Balaban J connectivity index is 1.65. The molecule has 3 heteroatoms. The number of carbonyl (C=O) groups excluding carboxylic acids is 2. The van der Waals surface area contributed by atoms with Gasteiger partial charge >= 0.3 is 0 Å². The minimum Gasteiger partial charge on any atom is -0.455 e. The summed E-state index contributed by atoms with van der Waals surface area (Å²) < 4.78 is 6.30. The molecule has 0 spiro atoms. The van der Waals surface area contributed by atoms with E-state index in [2.05, 4.69) is 0 Å². The van der Waals surface area contributed by atoms with E-state index < -0.39 is 5.92 Å². The Morgan fingerprint density at radius 1 is 0.536 bits per heavy atom. The van der Waals surface area contributed by atoms with Gasteiger partial charge in [-0.15, -0.1) is 0 Å². The number of hydrogen-bond acceptors (Lipinski definition) is 3. The summed E-state index contributed by atoms with van der Waals surface area (Å²) >= 11 is 0. The van der Waals surface area contributed by atoms with Crippen LogP contribution >= 0.6 is 0 Å². The summed E-state index contributed by atoms with van der Waals surface area (Å²) in [6.07, 6.45) is 0. The molecule has 1 aliphatic heterocycles. The molecule has 3 aromatic rings. The molecular formula is C25H14O3. The number of Topliss-reactive ketones (excluding diaryl/α,β-unsaturated/α-hetero) is 2. The van der Waals surface area contributed by atoms with Crippen molar-refractivity contribution in [3.63, 3.8) is 0 Å². The number of fused-ring (bicyclic) bond motifs is 4. The zero-order valence-corrected chi connectivity index (χ0v) is 14.8. The van der Waals surface area contributed by atoms with Gasteiger partial charge in [0.25, 0.3) is 0 Å². The summed E-state index contributed by atoms with van der Waals surface area (Å²) in [7, 11) is 0. The maximum absolute atomic E-state index is 13.3. The fourth-order valence-electron chi connectivity index (χ4n) is 4.51. The molecule has 0 saturated heterocycles. The second kappa shape index (κ2) is 5.40. The Bertz CT molecular complexity index is 1180. The predicted octanol–water partition coefficient (Wildman–Crippen LogP) is 5.02. The van der Waals surface area contributed by atoms with Crippen molar-refractivity contribution in [1.29, 1.82) is 0 Å². The van der Waals surface area contributed by atoms with Crippen molar-refractivity contribution < 1.29 is 14.3 Å². The number of rotatable bonds is 1. The number of carbonyl (C=O) groups is 2. The smallest absolute Gasteiger partial charge is 0.194 e. The summed E-state index contributed by atoms with van der Waals surface area (Å²) in [4.78, 5) is 26.6. The molecular weight excluding hydrogens is 348 g/mol. The maximum atomic E-state index is 13.3. The predicted molar refractivity (Wildman–Crippen MR) is 106 cm³/mol. The van der Waals surface area contributed by atoms with Gasteiger partial charge in [-0.25, -0.2) is 0 Å². The topological polar surface area (TPSA) is 43.4 Å². The second-order valence-corrected chi connectivity index (χ2v) is 7.18. The van der Waals surface area contributed by atoms with Gasteiger partial charge in [0, 0.05) is 28.2 Å². The third kappa shape index (κ3) is 1.83. The van der Waals surface area contributed by atoms with Crippen molar-refractivity contribution in [2.24, 2.45) is 0 Å². The quantitative estimate of drug-likeness (QED) is 0.611. The Hall–Kier alpha value is -3.72. The molecule has 3 aromatic carbocycles. The van der Waals surface area contributed by atoms with Gasteiger partial charge in [-0.05, 0) is 5.56 Å². The molecule has 0 fully saturated rings. The van der Waals surface area contributed by atoms with Gasteiger partial charge in [-0.3, -0.25) is 9.59 Å². The van der Waals surface area contributed by atoms with E-state index in [4.69, 9.17) is 4.74 Å². The molecule has 6 rings (SSSR count). The van der Waals surface area contributed by atoms with Crippen LogP contribution in [0.3, 0.4) is 0 Å². The lowest BCUT2D eigenvalue weighted by Crippen LogP contribution is -2.19. The molecule has 3 aliphatic rings. The van der Waals surface area contributed by atoms with Crippen molar-refractivity contribution in [2.75, 3.05) is 0 Å². The third-order valence-electron chi connectivity index (χ3n) is 5.73. The van der Waals surface area contributed by atoms with Gasteiger partial charge in [-0.2, -0.15) is 0 Å². The van der Waals surface area contributed by atoms with Gasteiger partial charge in [-0.1, -0.05) is 78.9 Å². The van der Waals surface area contributed by atoms with Gasteiger partial charge in [0.15, 0.2) is 11.6 Å². The number of ketones is 2. The van der Waals surface area contributed by atoms with Crippen LogP contribution in [0, 0.1) is 0 Å². The highest BCUT2D eigenvalue weighted by molar-refractivity contribution is 6.27. The van der Waals surface area contributed by atoms with Crippen LogP contribution in [0.15, 0.2) is 90.0 Å². The first-order valence-electron chi connectivity index (χ1n) is 9.25. The molecule has 0 atom stereocenters. The number of allylic oxidation sites excluding steroid dienone is 2. The molecule has 0 radical (unpaired) electrons. The monoisotopic (exact) mass is 362 g/mol. The normalized spacial score (nSPS) is 17.3. The van der Waals surface area contributed by atoms with Gasteiger partial charge in [0.2, 0.25) is 0 Å². The summed E-state index contributed by atoms with van der Waals surface area (Å²) in [5.74, 6) is 0.611. The minimum atomic E-state index is -0.431. The van der Waals surface area contributed by atoms with Crippen LogP contribution in [-0.2, 0) is 4.74 Å². The number of benzene rings is 3. The number of hydrogen-bond donors (Lipinski definition) is 0. The lowest BCUT2D eigenvalue weighted by Gasteiger charge is -2.26. The first-order valence-corrected chi connectivity index (χ1v) is 9.25. The third-order valence-corrected chi connectivity index (χ3v) is 5.73.